The highest BCUT2D eigenvalue weighted by Crippen LogP contribution is 2.30. The van der Waals surface area contributed by atoms with Crippen molar-refractivity contribution in [3.8, 4) is 11.8 Å². The van der Waals surface area contributed by atoms with Crippen molar-refractivity contribution in [1.82, 2.24) is 4.57 Å². The van der Waals surface area contributed by atoms with Crippen LogP contribution in [0.2, 0.25) is 0 Å². The summed E-state index contributed by atoms with van der Waals surface area (Å²) < 4.78 is 1.75. The topological polar surface area (TPSA) is 37.3 Å². The van der Waals surface area contributed by atoms with Gasteiger partial charge in [-0.25, -0.2) is 0 Å². The summed E-state index contributed by atoms with van der Waals surface area (Å²) in [5.41, 5.74) is 2.74. The van der Waals surface area contributed by atoms with Gasteiger partial charge >= 0.3 is 0 Å². The molecule has 0 saturated heterocycles. The van der Waals surface area contributed by atoms with Gasteiger partial charge in [-0.1, -0.05) is 36.3 Å². The second-order valence-electron chi connectivity index (χ2n) is 5.37. The Morgan fingerprint density at radius 2 is 2.00 bits per heavy atom. The fourth-order valence-electron chi connectivity index (χ4n) is 2.74. The molecule has 1 unspecified atom stereocenters. The number of pyridine rings is 1. The molecule has 1 aromatic carbocycles. The normalized spacial score (nSPS) is 15.7. The van der Waals surface area contributed by atoms with E-state index >= 15 is 0 Å². The van der Waals surface area contributed by atoms with Gasteiger partial charge in [0.2, 0.25) is 0 Å². The van der Waals surface area contributed by atoms with Crippen LogP contribution in [0.4, 0.5) is 11.4 Å². The SMILES string of the molecule is CC#CCN1c2c(ccn(Cc3ccccc3)c2=O)NC1C. The van der Waals surface area contributed by atoms with Crippen molar-refractivity contribution in [3.63, 3.8) is 0 Å². The van der Waals surface area contributed by atoms with Gasteiger partial charge in [0.25, 0.3) is 5.56 Å². The summed E-state index contributed by atoms with van der Waals surface area (Å²) in [6.45, 7) is 4.99. The molecule has 1 aliphatic heterocycles. The molecule has 0 spiro atoms. The van der Waals surface area contributed by atoms with Crippen molar-refractivity contribution in [2.24, 2.45) is 0 Å². The molecule has 4 nitrogen and oxygen atoms in total. The van der Waals surface area contributed by atoms with Crippen molar-refractivity contribution < 1.29 is 0 Å². The molecule has 3 rings (SSSR count). The van der Waals surface area contributed by atoms with Crippen LogP contribution in [0.5, 0.6) is 0 Å². The van der Waals surface area contributed by atoms with E-state index in [0.717, 1.165) is 11.3 Å². The van der Waals surface area contributed by atoms with Crippen LogP contribution in [0.15, 0.2) is 47.4 Å². The lowest BCUT2D eigenvalue weighted by Gasteiger charge is -2.20. The average Bonchev–Trinajstić information content (AvgIpc) is 2.85. The summed E-state index contributed by atoms with van der Waals surface area (Å²) in [6.07, 6.45) is 1.93. The Morgan fingerprint density at radius 3 is 2.73 bits per heavy atom. The molecule has 2 aromatic rings. The predicted molar refractivity (Wildman–Crippen MR) is 90.1 cm³/mol. The number of nitrogens with zero attached hydrogens (tertiary/aromatic N) is 2. The first-order chi connectivity index (χ1) is 10.7. The summed E-state index contributed by atoms with van der Waals surface area (Å²) >= 11 is 0. The Balaban J connectivity index is 1.97. The molecule has 0 bridgehead atoms. The van der Waals surface area contributed by atoms with Gasteiger partial charge in [0.1, 0.15) is 5.69 Å². The summed E-state index contributed by atoms with van der Waals surface area (Å²) in [5, 5.41) is 3.33. The lowest BCUT2D eigenvalue weighted by Crippen LogP contribution is -2.36. The van der Waals surface area contributed by atoms with Crippen molar-refractivity contribution in [2.45, 2.75) is 26.6 Å². The molecule has 4 heteroatoms. The average molecular weight is 293 g/mol. The van der Waals surface area contributed by atoms with Gasteiger partial charge in [-0.05, 0) is 25.5 Å². The van der Waals surface area contributed by atoms with Gasteiger partial charge in [0.15, 0.2) is 0 Å². The molecule has 0 radical (unpaired) electrons. The maximum atomic E-state index is 12.8. The second-order valence-corrected chi connectivity index (χ2v) is 5.37. The molecule has 22 heavy (non-hydrogen) atoms. The number of hydrogen-bond acceptors (Lipinski definition) is 3. The van der Waals surface area contributed by atoms with Crippen LogP contribution in [-0.4, -0.2) is 17.3 Å². The largest absolute Gasteiger partial charge is 0.363 e. The quantitative estimate of drug-likeness (QED) is 0.884. The van der Waals surface area contributed by atoms with Crippen LogP contribution < -0.4 is 15.8 Å². The van der Waals surface area contributed by atoms with Crippen LogP contribution in [0.25, 0.3) is 0 Å². The Kier molecular flexibility index (Phi) is 3.88. The maximum Gasteiger partial charge on any atom is 0.276 e. The maximum absolute atomic E-state index is 12.8. The van der Waals surface area contributed by atoms with E-state index in [1.807, 2.05) is 61.3 Å². The lowest BCUT2D eigenvalue weighted by molar-refractivity contribution is 0.739. The Bertz CT molecular complexity index is 783. The van der Waals surface area contributed by atoms with Gasteiger partial charge in [-0.2, -0.15) is 0 Å². The summed E-state index contributed by atoms with van der Waals surface area (Å²) in [5.74, 6) is 5.94. The molecule has 1 N–H and O–H groups in total. The van der Waals surface area contributed by atoms with Crippen LogP contribution in [0.3, 0.4) is 0 Å². The Hall–Kier alpha value is -2.67. The standard InChI is InChI=1S/C18H19N3O/c1-3-4-11-21-14(2)19-16-10-12-20(18(22)17(16)21)13-15-8-6-5-7-9-15/h5-10,12,14,19H,11,13H2,1-2H3. The molecule has 1 aliphatic rings. The molecular weight excluding hydrogens is 274 g/mol. The van der Waals surface area contributed by atoms with E-state index in [0.29, 0.717) is 18.8 Å². The van der Waals surface area contributed by atoms with Crippen LogP contribution >= 0.6 is 0 Å². The lowest BCUT2D eigenvalue weighted by atomic mass is 10.2. The fourth-order valence-corrected chi connectivity index (χ4v) is 2.74. The van der Waals surface area contributed by atoms with E-state index in [1.165, 1.54) is 0 Å². The third-order valence-corrected chi connectivity index (χ3v) is 3.88. The van der Waals surface area contributed by atoms with E-state index in [-0.39, 0.29) is 11.7 Å². The molecule has 1 aromatic heterocycles. The zero-order valence-electron chi connectivity index (χ0n) is 12.8. The molecule has 1 atom stereocenters. The Morgan fingerprint density at radius 1 is 1.23 bits per heavy atom. The molecule has 0 fully saturated rings. The van der Waals surface area contributed by atoms with Gasteiger partial charge in [0, 0.05) is 6.20 Å². The molecule has 0 amide bonds. The van der Waals surface area contributed by atoms with Crippen molar-refractivity contribution in [1.29, 1.82) is 0 Å². The Labute approximate surface area is 130 Å². The molecule has 0 aliphatic carbocycles. The van der Waals surface area contributed by atoms with E-state index in [2.05, 4.69) is 17.2 Å². The van der Waals surface area contributed by atoms with E-state index < -0.39 is 0 Å². The van der Waals surface area contributed by atoms with Crippen LogP contribution in [0, 0.1) is 11.8 Å². The minimum absolute atomic E-state index is 0.0242. The predicted octanol–water partition coefficient (Wildman–Crippen LogP) is 2.50. The van der Waals surface area contributed by atoms with Gasteiger partial charge < -0.3 is 14.8 Å². The minimum Gasteiger partial charge on any atom is -0.363 e. The number of rotatable bonds is 3. The number of fused-ring (bicyclic) bond motifs is 1. The van der Waals surface area contributed by atoms with Crippen molar-refractivity contribution in [3.05, 3.63) is 58.5 Å². The smallest absolute Gasteiger partial charge is 0.276 e. The van der Waals surface area contributed by atoms with E-state index in [9.17, 15) is 4.79 Å². The molecule has 0 saturated carbocycles. The molecule has 112 valence electrons. The number of nitrogens with one attached hydrogen (secondary N) is 1. The minimum atomic E-state index is 0.0242. The van der Waals surface area contributed by atoms with Gasteiger partial charge in [-0.15, -0.1) is 5.92 Å². The van der Waals surface area contributed by atoms with Gasteiger partial charge in [-0.3, -0.25) is 4.79 Å². The summed E-state index contributed by atoms with van der Waals surface area (Å²) in [6, 6.07) is 12.0. The second kappa shape index (κ2) is 5.98. The summed E-state index contributed by atoms with van der Waals surface area (Å²) in [4.78, 5) is 14.8. The highest BCUT2D eigenvalue weighted by atomic mass is 16.1. The highest BCUT2D eigenvalue weighted by molar-refractivity contribution is 5.75. The first kappa shape index (κ1) is 14.3. The zero-order chi connectivity index (χ0) is 15.5. The van der Waals surface area contributed by atoms with Gasteiger partial charge in [0.05, 0.1) is 24.9 Å². The fraction of sp³-hybridized carbons (Fsp3) is 0.278. The third kappa shape index (κ3) is 2.58. The molecular formula is C18H19N3O. The van der Waals surface area contributed by atoms with E-state index in [1.54, 1.807) is 4.57 Å². The number of aromatic nitrogens is 1. The van der Waals surface area contributed by atoms with Crippen molar-refractivity contribution in [2.75, 3.05) is 16.8 Å². The zero-order valence-corrected chi connectivity index (χ0v) is 12.8. The van der Waals surface area contributed by atoms with Crippen LogP contribution in [-0.2, 0) is 6.54 Å². The first-order valence-electron chi connectivity index (χ1n) is 7.41. The van der Waals surface area contributed by atoms with Crippen molar-refractivity contribution >= 4 is 11.4 Å². The monoisotopic (exact) mass is 293 g/mol. The highest BCUT2D eigenvalue weighted by Gasteiger charge is 2.28. The molecule has 2 heterocycles. The summed E-state index contributed by atoms with van der Waals surface area (Å²) in [7, 11) is 0. The number of hydrogen-bond donors (Lipinski definition) is 1. The van der Waals surface area contributed by atoms with E-state index in [4.69, 9.17) is 0 Å². The first-order valence-corrected chi connectivity index (χ1v) is 7.41. The number of anilines is 2. The number of benzene rings is 1. The van der Waals surface area contributed by atoms with Crippen LogP contribution in [0.1, 0.15) is 19.4 Å². The third-order valence-electron chi connectivity index (χ3n) is 3.88.